The van der Waals surface area contributed by atoms with E-state index in [1.165, 1.54) is 7.11 Å². The summed E-state index contributed by atoms with van der Waals surface area (Å²) in [6.07, 6.45) is 0. The Labute approximate surface area is 154 Å². The number of fused-ring (bicyclic) bond motifs is 1. The van der Waals surface area contributed by atoms with E-state index in [2.05, 4.69) is 21.2 Å². The highest BCUT2D eigenvalue weighted by atomic mass is 79.9. The second kappa shape index (κ2) is 8.11. The van der Waals surface area contributed by atoms with Crippen molar-refractivity contribution in [2.45, 2.75) is 0 Å². The van der Waals surface area contributed by atoms with Gasteiger partial charge in [-0.25, -0.2) is 0 Å². The lowest BCUT2D eigenvalue weighted by atomic mass is 10.1. The molecule has 0 aromatic heterocycles. The molecule has 0 fully saturated rings. The van der Waals surface area contributed by atoms with E-state index in [-0.39, 0.29) is 5.91 Å². The quantitative estimate of drug-likeness (QED) is 0.745. The Morgan fingerprint density at radius 2 is 2.08 bits per heavy atom. The van der Waals surface area contributed by atoms with Crippen LogP contribution >= 0.6 is 15.9 Å². The van der Waals surface area contributed by atoms with Gasteiger partial charge < -0.3 is 24.3 Å². The number of ether oxygens (including phenoxy) is 4. The largest absolute Gasteiger partial charge is 0.493 e. The first-order chi connectivity index (χ1) is 12.2. The maximum Gasteiger partial charge on any atom is 0.251 e. The second-order valence-electron chi connectivity index (χ2n) is 5.26. The predicted octanol–water partition coefficient (Wildman–Crippen LogP) is 3.04. The van der Waals surface area contributed by atoms with Crippen molar-refractivity contribution in [3.05, 3.63) is 46.4 Å². The summed E-state index contributed by atoms with van der Waals surface area (Å²) in [5.74, 6) is 2.04. The number of carbonyl (C=O) groups is 1. The molecule has 3 rings (SSSR count). The fraction of sp³-hybridized carbons (Fsp3) is 0.278. The van der Waals surface area contributed by atoms with Gasteiger partial charge in [0.05, 0.1) is 13.7 Å². The van der Waals surface area contributed by atoms with Gasteiger partial charge in [0.2, 0.25) is 5.75 Å². The van der Waals surface area contributed by atoms with Crippen LogP contribution in [0.15, 0.2) is 40.9 Å². The summed E-state index contributed by atoms with van der Waals surface area (Å²) in [5, 5.41) is 2.81. The summed E-state index contributed by atoms with van der Waals surface area (Å²) < 4.78 is 22.9. The smallest absolute Gasteiger partial charge is 0.251 e. The highest BCUT2D eigenvalue weighted by Gasteiger charge is 2.20. The molecular weight excluding hydrogens is 390 g/mol. The number of nitrogens with one attached hydrogen (secondary N) is 1. The van der Waals surface area contributed by atoms with E-state index in [0.717, 1.165) is 10.2 Å². The zero-order chi connectivity index (χ0) is 17.6. The van der Waals surface area contributed by atoms with Crippen LogP contribution in [0.4, 0.5) is 0 Å². The van der Waals surface area contributed by atoms with Crippen LogP contribution in [0.5, 0.6) is 23.0 Å². The average molecular weight is 408 g/mol. The lowest BCUT2D eigenvalue weighted by Crippen LogP contribution is -2.28. The van der Waals surface area contributed by atoms with Gasteiger partial charge in [-0.2, -0.15) is 0 Å². The Hall–Kier alpha value is -2.41. The van der Waals surface area contributed by atoms with Crippen molar-refractivity contribution in [3.63, 3.8) is 0 Å². The van der Waals surface area contributed by atoms with Crippen molar-refractivity contribution in [2.75, 3.05) is 33.5 Å². The summed E-state index contributed by atoms with van der Waals surface area (Å²) in [7, 11) is 1.53. The van der Waals surface area contributed by atoms with Gasteiger partial charge in [0.15, 0.2) is 11.5 Å². The molecule has 0 bridgehead atoms. The van der Waals surface area contributed by atoms with Gasteiger partial charge in [-0.1, -0.05) is 22.0 Å². The highest BCUT2D eigenvalue weighted by molar-refractivity contribution is 9.10. The molecule has 0 spiro atoms. The summed E-state index contributed by atoms with van der Waals surface area (Å²) in [5.41, 5.74) is 0.448. The SMILES string of the molecule is COc1cc(C(=O)NCCOc2cccc(Br)c2)cc2c1OCCO2. The lowest BCUT2D eigenvalue weighted by Gasteiger charge is -2.21. The summed E-state index contributed by atoms with van der Waals surface area (Å²) in [6.45, 7) is 1.65. The minimum Gasteiger partial charge on any atom is -0.493 e. The monoisotopic (exact) mass is 407 g/mol. The van der Waals surface area contributed by atoms with E-state index < -0.39 is 0 Å². The van der Waals surface area contributed by atoms with Crippen LogP contribution in [-0.2, 0) is 0 Å². The van der Waals surface area contributed by atoms with E-state index >= 15 is 0 Å². The topological polar surface area (TPSA) is 66.0 Å². The number of carbonyl (C=O) groups excluding carboxylic acids is 1. The molecule has 6 nitrogen and oxygen atoms in total. The van der Waals surface area contributed by atoms with Crippen LogP contribution in [0.1, 0.15) is 10.4 Å². The molecule has 0 aliphatic carbocycles. The molecule has 132 valence electrons. The molecule has 1 aliphatic heterocycles. The number of hydrogen-bond donors (Lipinski definition) is 1. The first kappa shape index (κ1) is 17.4. The Balaban J connectivity index is 1.58. The van der Waals surface area contributed by atoms with Crippen molar-refractivity contribution < 1.29 is 23.7 Å². The average Bonchev–Trinajstić information content (AvgIpc) is 2.64. The van der Waals surface area contributed by atoms with Crippen molar-refractivity contribution in [3.8, 4) is 23.0 Å². The van der Waals surface area contributed by atoms with Gasteiger partial charge in [-0.3, -0.25) is 4.79 Å². The minimum absolute atomic E-state index is 0.229. The molecule has 0 unspecified atom stereocenters. The third-order valence-electron chi connectivity index (χ3n) is 3.54. The first-order valence-electron chi connectivity index (χ1n) is 7.81. The zero-order valence-electron chi connectivity index (χ0n) is 13.7. The number of amides is 1. The number of benzene rings is 2. The van der Waals surface area contributed by atoms with Gasteiger partial charge >= 0.3 is 0 Å². The van der Waals surface area contributed by atoms with E-state index in [1.807, 2.05) is 24.3 Å². The fourth-order valence-electron chi connectivity index (χ4n) is 2.40. The molecule has 0 saturated heterocycles. The molecule has 1 amide bonds. The molecule has 0 saturated carbocycles. The minimum atomic E-state index is -0.229. The van der Waals surface area contributed by atoms with Gasteiger partial charge in [0.1, 0.15) is 25.6 Å². The summed E-state index contributed by atoms with van der Waals surface area (Å²) in [6, 6.07) is 10.8. The van der Waals surface area contributed by atoms with Crippen LogP contribution in [0, 0.1) is 0 Å². The first-order valence-corrected chi connectivity index (χ1v) is 8.61. The van der Waals surface area contributed by atoms with Gasteiger partial charge in [-0.05, 0) is 30.3 Å². The summed E-state index contributed by atoms with van der Waals surface area (Å²) >= 11 is 3.38. The van der Waals surface area contributed by atoms with Crippen LogP contribution in [0.25, 0.3) is 0 Å². The Morgan fingerprint density at radius 1 is 1.24 bits per heavy atom. The molecule has 0 atom stereocenters. The van der Waals surface area contributed by atoms with E-state index in [1.54, 1.807) is 12.1 Å². The molecule has 1 heterocycles. The van der Waals surface area contributed by atoms with E-state index in [0.29, 0.717) is 49.2 Å². The standard InChI is InChI=1S/C18H18BrNO5/c1-22-15-9-12(10-16-17(15)25-8-7-24-16)18(21)20-5-6-23-14-4-2-3-13(19)11-14/h2-4,9-11H,5-8H2,1H3,(H,20,21). The van der Waals surface area contributed by atoms with Crippen LogP contribution in [-0.4, -0.2) is 39.4 Å². The Bertz CT molecular complexity index is 748. The van der Waals surface area contributed by atoms with E-state index in [9.17, 15) is 4.79 Å². The normalized spacial score (nSPS) is 12.4. The molecule has 2 aromatic carbocycles. The van der Waals surface area contributed by atoms with Crippen molar-refractivity contribution in [1.82, 2.24) is 5.32 Å². The molecule has 0 radical (unpaired) electrons. The number of rotatable bonds is 6. The number of halogens is 1. The molecule has 2 aromatic rings. The molecule has 1 aliphatic rings. The Kier molecular flexibility index (Phi) is 5.65. The van der Waals surface area contributed by atoms with Crippen molar-refractivity contribution >= 4 is 21.8 Å². The van der Waals surface area contributed by atoms with Crippen molar-refractivity contribution in [2.24, 2.45) is 0 Å². The highest BCUT2D eigenvalue weighted by Crippen LogP contribution is 2.40. The van der Waals surface area contributed by atoms with E-state index in [4.69, 9.17) is 18.9 Å². The van der Waals surface area contributed by atoms with Crippen LogP contribution in [0.2, 0.25) is 0 Å². The Morgan fingerprint density at radius 3 is 2.88 bits per heavy atom. The molecular formula is C18H18BrNO5. The van der Waals surface area contributed by atoms with Crippen LogP contribution in [0.3, 0.4) is 0 Å². The summed E-state index contributed by atoms with van der Waals surface area (Å²) in [4.78, 5) is 12.3. The maximum atomic E-state index is 12.3. The number of methoxy groups -OCH3 is 1. The predicted molar refractivity (Wildman–Crippen MR) is 96.0 cm³/mol. The molecule has 25 heavy (non-hydrogen) atoms. The zero-order valence-corrected chi connectivity index (χ0v) is 15.3. The molecule has 7 heteroatoms. The molecule has 1 N–H and O–H groups in total. The van der Waals surface area contributed by atoms with Crippen LogP contribution < -0.4 is 24.3 Å². The second-order valence-corrected chi connectivity index (χ2v) is 6.18. The third-order valence-corrected chi connectivity index (χ3v) is 4.04. The van der Waals surface area contributed by atoms with Crippen molar-refractivity contribution in [1.29, 1.82) is 0 Å². The third kappa shape index (κ3) is 4.36. The fourth-order valence-corrected chi connectivity index (χ4v) is 2.77. The van der Waals surface area contributed by atoms with Gasteiger partial charge in [0, 0.05) is 10.0 Å². The lowest BCUT2D eigenvalue weighted by molar-refractivity contribution is 0.0945. The van der Waals surface area contributed by atoms with Gasteiger partial charge in [-0.15, -0.1) is 0 Å². The van der Waals surface area contributed by atoms with Gasteiger partial charge in [0.25, 0.3) is 5.91 Å². The maximum absolute atomic E-state index is 12.3. The number of hydrogen-bond acceptors (Lipinski definition) is 5.